The number of para-hydroxylation sites is 4. The maximum atomic E-state index is 4.59. The summed E-state index contributed by atoms with van der Waals surface area (Å²) in [7, 11) is 0. The zero-order valence-electron chi connectivity index (χ0n) is 29.9. The van der Waals surface area contributed by atoms with Gasteiger partial charge in [0.25, 0.3) is 0 Å². The van der Waals surface area contributed by atoms with Gasteiger partial charge in [0.05, 0.1) is 34.0 Å². The molecule has 3 heterocycles. The van der Waals surface area contributed by atoms with Crippen LogP contribution in [0, 0.1) is 0 Å². The van der Waals surface area contributed by atoms with Crippen molar-refractivity contribution in [1.82, 2.24) is 14.1 Å². The van der Waals surface area contributed by atoms with Gasteiger partial charge in [0, 0.05) is 50.5 Å². The van der Waals surface area contributed by atoms with Crippen molar-refractivity contribution < 1.29 is 0 Å². The van der Waals surface area contributed by atoms with Crippen LogP contribution < -0.4 is 4.90 Å². The fraction of sp³-hybridized carbons (Fsp3) is 0. The second kappa shape index (κ2) is 12.6. The molecule has 0 saturated heterocycles. The van der Waals surface area contributed by atoms with Crippen molar-refractivity contribution in [3.63, 3.8) is 0 Å². The average molecular weight is 703 g/mol. The van der Waals surface area contributed by atoms with Crippen LogP contribution in [0.25, 0.3) is 76.9 Å². The highest BCUT2D eigenvalue weighted by atomic mass is 15.1. The molecule has 0 saturated carbocycles. The van der Waals surface area contributed by atoms with E-state index in [2.05, 4.69) is 207 Å². The van der Waals surface area contributed by atoms with E-state index in [1.165, 1.54) is 54.4 Å². The van der Waals surface area contributed by atoms with Crippen molar-refractivity contribution in [2.45, 2.75) is 0 Å². The molecule has 11 aromatic rings. The Hall–Kier alpha value is -7.43. The Balaban J connectivity index is 1.20. The first-order valence-corrected chi connectivity index (χ1v) is 18.7. The summed E-state index contributed by atoms with van der Waals surface area (Å²) in [4.78, 5) is 6.93. The number of anilines is 3. The number of nitrogens with zero attached hydrogens (tertiary/aromatic N) is 4. The summed E-state index contributed by atoms with van der Waals surface area (Å²) in [5.41, 5.74) is 12.3. The number of aromatic nitrogens is 3. The smallest absolute Gasteiger partial charge is 0.0644 e. The molecule has 0 aliphatic heterocycles. The molecule has 0 atom stereocenters. The topological polar surface area (TPSA) is 26.0 Å². The van der Waals surface area contributed by atoms with Gasteiger partial charge in [0.1, 0.15) is 0 Å². The molecule has 55 heavy (non-hydrogen) atoms. The van der Waals surface area contributed by atoms with Crippen molar-refractivity contribution in [2.24, 2.45) is 0 Å². The maximum absolute atomic E-state index is 4.59. The second-order valence-electron chi connectivity index (χ2n) is 14.1. The Bertz CT molecular complexity index is 3160. The number of hydrogen-bond donors (Lipinski definition) is 0. The molecule has 0 N–H and O–H groups in total. The monoisotopic (exact) mass is 702 g/mol. The minimum atomic E-state index is 0.990. The van der Waals surface area contributed by atoms with Gasteiger partial charge in [-0.3, -0.25) is 4.98 Å². The molecule has 4 heteroatoms. The van der Waals surface area contributed by atoms with Gasteiger partial charge in [-0.25, -0.2) is 0 Å². The zero-order valence-corrected chi connectivity index (χ0v) is 29.9. The lowest BCUT2D eigenvalue weighted by Crippen LogP contribution is -2.11. The number of fused-ring (bicyclic) bond motifs is 7. The lowest BCUT2D eigenvalue weighted by atomic mass is 10.0. The predicted molar refractivity (Wildman–Crippen MR) is 231 cm³/mol. The Morgan fingerprint density at radius 1 is 0.345 bits per heavy atom. The molecule has 4 nitrogen and oxygen atoms in total. The first kappa shape index (κ1) is 31.1. The summed E-state index contributed by atoms with van der Waals surface area (Å²) in [6.07, 6.45) is 3.79. The van der Waals surface area contributed by atoms with E-state index in [1.807, 2.05) is 18.5 Å². The highest BCUT2D eigenvalue weighted by Crippen LogP contribution is 2.42. The maximum Gasteiger partial charge on any atom is 0.0644 e. The van der Waals surface area contributed by atoms with E-state index in [9.17, 15) is 0 Å². The van der Waals surface area contributed by atoms with Crippen LogP contribution >= 0.6 is 0 Å². The van der Waals surface area contributed by atoms with Gasteiger partial charge >= 0.3 is 0 Å². The minimum Gasteiger partial charge on any atom is -0.309 e. The minimum absolute atomic E-state index is 0.990. The Morgan fingerprint density at radius 3 is 1.67 bits per heavy atom. The van der Waals surface area contributed by atoms with E-state index in [-0.39, 0.29) is 0 Å². The SMILES string of the molecule is c1ccc(-n2c3ccccc3c3cc(-c4cc(N(c5cccnc5)c5ccc6ccccc6c5)cc(-n5c6ccccc6c6ccccc65)c4)ccc32)cc1. The van der Waals surface area contributed by atoms with E-state index < -0.39 is 0 Å². The number of benzene rings is 8. The molecule has 8 aromatic carbocycles. The fourth-order valence-corrected chi connectivity index (χ4v) is 8.48. The summed E-state index contributed by atoms with van der Waals surface area (Å²) < 4.78 is 4.79. The molecular weight excluding hydrogens is 669 g/mol. The lowest BCUT2D eigenvalue weighted by Gasteiger charge is -2.27. The van der Waals surface area contributed by atoms with E-state index in [0.717, 1.165) is 39.6 Å². The van der Waals surface area contributed by atoms with Gasteiger partial charge < -0.3 is 14.0 Å². The quantitative estimate of drug-likeness (QED) is 0.172. The van der Waals surface area contributed by atoms with Gasteiger partial charge in [-0.15, -0.1) is 0 Å². The van der Waals surface area contributed by atoms with Gasteiger partial charge in [-0.2, -0.15) is 0 Å². The van der Waals surface area contributed by atoms with Crippen LogP contribution in [0.4, 0.5) is 17.1 Å². The molecular formula is C51H34N4. The molecule has 0 aliphatic carbocycles. The van der Waals surface area contributed by atoms with Crippen LogP contribution in [0.1, 0.15) is 0 Å². The molecule has 0 amide bonds. The molecule has 0 fully saturated rings. The first-order chi connectivity index (χ1) is 27.3. The van der Waals surface area contributed by atoms with Crippen LogP contribution in [-0.2, 0) is 0 Å². The van der Waals surface area contributed by atoms with E-state index in [1.54, 1.807) is 0 Å². The van der Waals surface area contributed by atoms with Crippen LogP contribution in [0.2, 0.25) is 0 Å². The Morgan fingerprint density at radius 2 is 0.964 bits per heavy atom. The second-order valence-corrected chi connectivity index (χ2v) is 14.1. The summed E-state index contributed by atoms with van der Waals surface area (Å²) in [6.45, 7) is 0. The Kier molecular flexibility index (Phi) is 7.14. The van der Waals surface area contributed by atoms with Gasteiger partial charge in [0.15, 0.2) is 0 Å². The fourth-order valence-electron chi connectivity index (χ4n) is 8.48. The third-order valence-electron chi connectivity index (χ3n) is 10.9. The lowest BCUT2D eigenvalue weighted by molar-refractivity contribution is 1.17. The summed E-state index contributed by atoms with van der Waals surface area (Å²) in [5.74, 6) is 0. The molecule has 0 unspecified atom stereocenters. The number of hydrogen-bond acceptors (Lipinski definition) is 2. The standard InChI is InChI=1S/C51H34N4/c1-2-15-39(16-3-1)54-50-23-11-8-20-46(50)47-32-37(25-27-51(47)54)38-30-42(33-43(31-38)55-48-21-9-6-18-44(48)45-19-7-10-22-49(45)55)53(41-17-12-28-52-34-41)40-26-24-35-13-4-5-14-36(35)29-40/h1-34H. The summed E-state index contributed by atoms with van der Waals surface area (Å²) >= 11 is 0. The highest BCUT2D eigenvalue weighted by molar-refractivity contribution is 6.11. The third kappa shape index (κ3) is 5.11. The van der Waals surface area contributed by atoms with E-state index >= 15 is 0 Å². The summed E-state index contributed by atoms with van der Waals surface area (Å²) in [6, 6.07) is 70.2. The predicted octanol–water partition coefficient (Wildman–Crippen LogP) is 13.6. The van der Waals surface area contributed by atoms with Crippen LogP contribution in [0.15, 0.2) is 207 Å². The van der Waals surface area contributed by atoms with Gasteiger partial charge in [0.2, 0.25) is 0 Å². The third-order valence-corrected chi connectivity index (χ3v) is 10.9. The molecule has 0 radical (unpaired) electrons. The Labute approximate surface area is 318 Å². The normalized spacial score (nSPS) is 11.6. The first-order valence-electron chi connectivity index (χ1n) is 18.7. The van der Waals surface area contributed by atoms with Crippen LogP contribution in [-0.4, -0.2) is 14.1 Å². The number of pyridine rings is 1. The molecule has 3 aromatic heterocycles. The van der Waals surface area contributed by atoms with E-state index in [0.29, 0.717) is 0 Å². The highest BCUT2D eigenvalue weighted by Gasteiger charge is 2.20. The molecule has 11 rings (SSSR count). The zero-order chi connectivity index (χ0) is 36.3. The molecule has 0 bridgehead atoms. The molecule has 0 aliphatic rings. The van der Waals surface area contributed by atoms with Crippen LogP contribution in [0.3, 0.4) is 0 Å². The van der Waals surface area contributed by atoms with Crippen molar-refractivity contribution in [2.75, 3.05) is 4.90 Å². The van der Waals surface area contributed by atoms with Gasteiger partial charge in [-0.1, -0.05) is 109 Å². The van der Waals surface area contributed by atoms with Crippen LogP contribution in [0.5, 0.6) is 0 Å². The van der Waals surface area contributed by atoms with Crippen molar-refractivity contribution >= 4 is 71.4 Å². The summed E-state index contributed by atoms with van der Waals surface area (Å²) in [5, 5.41) is 7.32. The average Bonchev–Trinajstić information content (AvgIpc) is 3.77. The van der Waals surface area contributed by atoms with Crippen molar-refractivity contribution in [3.8, 4) is 22.5 Å². The molecule has 0 spiro atoms. The number of rotatable bonds is 6. The van der Waals surface area contributed by atoms with Gasteiger partial charge in [-0.05, 0) is 107 Å². The van der Waals surface area contributed by atoms with Crippen molar-refractivity contribution in [1.29, 1.82) is 0 Å². The molecule has 258 valence electrons. The van der Waals surface area contributed by atoms with E-state index in [4.69, 9.17) is 0 Å². The largest absolute Gasteiger partial charge is 0.309 e. The van der Waals surface area contributed by atoms with Crippen molar-refractivity contribution in [3.05, 3.63) is 207 Å².